The molecule has 2 fully saturated rings. The van der Waals surface area contributed by atoms with Crippen molar-refractivity contribution in [2.24, 2.45) is 0 Å². The molecular weight excluding hydrogens is 208 g/mol. The molecule has 2 heterocycles. The van der Waals surface area contributed by atoms with Crippen LogP contribution < -0.4 is 0 Å². The van der Waals surface area contributed by atoms with Crippen molar-refractivity contribution in [3.8, 4) is 0 Å². The van der Waals surface area contributed by atoms with Crippen LogP contribution in [0.4, 0.5) is 0 Å². The monoisotopic (exact) mass is 228 g/mol. The molecule has 2 atom stereocenters. The Hall–Kier alpha value is -0.610. The fourth-order valence-electron chi connectivity index (χ4n) is 2.55. The summed E-state index contributed by atoms with van der Waals surface area (Å²) in [5.41, 5.74) is 0. The molecule has 2 saturated heterocycles. The Labute approximate surface area is 96.2 Å². The number of carbonyl (C=O) groups excluding carboxylic acids is 1. The van der Waals surface area contributed by atoms with Gasteiger partial charge in [-0.3, -0.25) is 4.79 Å². The van der Waals surface area contributed by atoms with Crippen LogP contribution in [0.3, 0.4) is 0 Å². The molecule has 16 heavy (non-hydrogen) atoms. The van der Waals surface area contributed by atoms with Crippen molar-refractivity contribution in [2.75, 3.05) is 13.7 Å². The van der Waals surface area contributed by atoms with Crippen molar-refractivity contribution < 1.29 is 19.0 Å². The van der Waals surface area contributed by atoms with Crippen LogP contribution in [0.25, 0.3) is 0 Å². The smallest absolute Gasteiger partial charge is 0.308 e. The molecule has 2 rings (SSSR count). The standard InChI is InChI=1S/C12H20O4/c1-14-11(13)9-10-5-4-7-12(16-10)6-2-3-8-15-12/h10H,2-9H2,1H3/t10-,12-/m0/s1. The van der Waals surface area contributed by atoms with Crippen LogP contribution in [-0.2, 0) is 19.0 Å². The zero-order valence-corrected chi connectivity index (χ0v) is 9.87. The third-order valence-corrected chi connectivity index (χ3v) is 3.40. The average Bonchev–Trinajstić information content (AvgIpc) is 2.30. The molecule has 0 aromatic heterocycles. The first-order chi connectivity index (χ1) is 7.74. The number of hydrogen-bond donors (Lipinski definition) is 0. The quantitative estimate of drug-likeness (QED) is 0.678. The summed E-state index contributed by atoms with van der Waals surface area (Å²) in [5, 5.41) is 0. The molecule has 0 aromatic carbocycles. The van der Waals surface area contributed by atoms with Crippen LogP contribution in [-0.4, -0.2) is 31.6 Å². The van der Waals surface area contributed by atoms with Crippen molar-refractivity contribution >= 4 is 5.97 Å². The molecule has 0 radical (unpaired) electrons. The van der Waals surface area contributed by atoms with Gasteiger partial charge in [-0.25, -0.2) is 0 Å². The second kappa shape index (κ2) is 5.15. The zero-order valence-electron chi connectivity index (χ0n) is 9.87. The number of methoxy groups -OCH3 is 1. The van der Waals surface area contributed by atoms with E-state index in [0.29, 0.717) is 6.42 Å². The van der Waals surface area contributed by atoms with Crippen LogP contribution in [0.2, 0.25) is 0 Å². The van der Waals surface area contributed by atoms with Gasteiger partial charge in [0, 0.05) is 12.8 Å². The second-order valence-corrected chi connectivity index (χ2v) is 4.63. The fourth-order valence-corrected chi connectivity index (χ4v) is 2.55. The molecule has 0 aromatic rings. The van der Waals surface area contributed by atoms with E-state index in [4.69, 9.17) is 9.47 Å². The highest BCUT2D eigenvalue weighted by atomic mass is 16.7. The van der Waals surface area contributed by atoms with E-state index >= 15 is 0 Å². The van der Waals surface area contributed by atoms with Crippen LogP contribution in [0, 0.1) is 0 Å². The van der Waals surface area contributed by atoms with Gasteiger partial charge < -0.3 is 14.2 Å². The predicted molar refractivity (Wildman–Crippen MR) is 57.9 cm³/mol. The fraction of sp³-hybridized carbons (Fsp3) is 0.917. The highest BCUT2D eigenvalue weighted by molar-refractivity contribution is 5.69. The number of rotatable bonds is 2. The summed E-state index contributed by atoms with van der Waals surface area (Å²) in [6, 6.07) is 0. The Bertz CT molecular complexity index is 240. The van der Waals surface area contributed by atoms with E-state index in [-0.39, 0.29) is 12.1 Å². The van der Waals surface area contributed by atoms with E-state index in [9.17, 15) is 4.79 Å². The van der Waals surface area contributed by atoms with Gasteiger partial charge in [-0.05, 0) is 25.7 Å². The van der Waals surface area contributed by atoms with E-state index in [1.165, 1.54) is 7.11 Å². The van der Waals surface area contributed by atoms with Gasteiger partial charge in [0.25, 0.3) is 0 Å². The Kier molecular flexibility index (Phi) is 3.82. The first-order valence-corrected chi connectivity index (χ1v) is 6.13. The molecule has 1 spiro atoms. The molecule has 4 heteroatoms. The van der Waals surface area contributed by atoms with Crippen molar-refractivity contribution in [3.05, 3.63) is 0 Å². The molecule has 0 N–H and O–H groups in total. The van der Waals surface area contributed by atoms with Gasteiger partial charge in [-0.2, -0.15) is 0 Å². The second-order valence-electron chi connectivity index (χ2n) is 4.63. The SMILES string of the molecule is COC(=O)C[C@@H]1CCC[C@]2(CCCCO2)O1. The van der Waals surface area contributed by atoms with E-state index in [0.717, 1.165) is 45.1 Å². The predicted octanol–water partition coefficient (Wildman–Crippen LogP) is 2.02. The molecular formula is C12H20O4. The molecule has 0 bridgehead atoms. The van der Waals surface area contributed by atoms with E-state index in [1.54, 1.807) is 0 Å². The highest BCUT2D eigenvalue weighted by Gasteiger charge is 2.40. The van der Waals surface area contributed by atoms with Crippen molar-refractivity contribution in [1.82, 2.24) is 0 Å². The summed E-state index contributed by atoms with van der Waals surface area (Å²) in [5.74, 6) is -0.590. The Morgan fingerprint density at radius 2 is 2.19 bits per heavy atom. The van der Waals surface area contributed by atoms with Crippen LogP contribution >= 0.6 is 0 Å². The summed E-state index contributed by atoms with van der Waals surface area (Å²) in [4.78, 5) is 11.2. The largest absolute Gasteiger partial charge is 0.469 e. The highest BCUT2D eigenvalue weighted by Crippen LogP contribution is 2.37. The number of carbonyl (C=O) groups is 1. The third kappa shape index (κ3) is 2.74. The summed E-state index contributed by atoms with van der Waals surface area (Å²) >= 11 is 0. The summed E-state index contributed by atoms with van der Waals surface area (Å²) in [6.45, 7) is 0.783. The first-order valence-electron chi connectivity index (χ1n) is 6.13. The lowest BCUT2D eigenvalue weighted by Gasteiger charge is -2.43. The maximum Gasteiger partial charge on any atom is 0.308 e. The van der Waals surface area contributed by atoms with Crippen molar-refractivity contribution in [3.63, 3.8) is 0 Å². The minimum atomic E-state index is -0.394. The molecule has 2 aliphatic heterocycles. The maximum atomic E-state index is 11.2. The van der Waals surface area contributed by atoms with Crippen molar-refractivity contribution in [2.45, 2.75) is 56.8 Å². The van der Waals surface area contributed by atoms with Gasteiger partial charge in [0.1, 0.15) is 0 Å². The molecule has 0 aliphatic carbocycles. The summed E-state index contributed by atoms with van der Waals surface area (Å²) < 4.78 is 16.4. The van der Waals surface area contributed by atoms with Gasteiger partial charge in [-0.1, -0.05) is 0 Å². The van der Waals surface area contributed by atoms with Crippen molar-refractivity contribution in [1.29, 1.82) is 0 Å². The van der Waals surface area contributed by atoms with Gasteiger partial charge in [0.05, 0.1) is 26.2 Å². The van der Waals surface area contributed by atoms with E-state index in [2.05, 4.69) is 4.74 Å². The van der Waals surface area contributed by atoms with E-state index in [1.807, 2.05) is 0 Å². The summed E-state index contributed by atoms with van der Waals surface area (Å²) in [7, 11) is 1.41. The van der Waals surface area contributed by atoms with Gasteiger partial charge in [0.15, 0.2) is 5.79 Å². The van der Waals surface area contributed by atoms with Gasteiger partial charge in [-0.15, -0.1) is 0 Å². The van der Waals surface area contributed by atoms with E-state index < -0.39 is 5.79 Å². The molecule has 92 valence electrons. The number of esters is 1. The minimum Gasteiger partial charge on any atom is -0.469 e. The average molecular weight is 228 g/mol. The lowest BCUT2D eigenvalue weighted by atomic mass is 9.94. The lowest BCUT2D eigenvalue weighted by molar-refractivity contribution is -0.295. The molecule has 4 nitrogen and oxygen atoms in total. The van der Waals surface area contributed by atoms with Crippen LogP contribution in [0.15, 0.2) is 0 Å². The topological polar surface area (TPSA) is 44.8 Å². The Morgan fingerprint density at radius 1 is 1.38 bits per heavy atom. The lowest BCUT2D eigenvalue weighted by Crippen LogP contribution is -2.45. The number of ether oxygens (including phenoxy) is 3. The minimum absolute atomic E-state index is 0.0284. The molecule has 0 amide bonds. The van der Waals surface area contributed by atoms with Crippen LogP contribution in [0.5, 0.6) is 0 Å². The maximum absolute atomic E-state index is 11.2. The normalized spacial score (nSPS) is 34.9. The van der Waals surface area contributed by atoms with Gasteiger partial charge >= 0.3 is 5.97 Å². The molecule has 0 saturated carbocycles. The first kappa shape index (κ1) is 11.9. The molecule has 2 aliphatic rings. The summed E-state index contributed by atoms with van der Waals surface area (Å²) in [6.07, 6.45) is 6.52. The zero-order chi connectivity index (χ0) is 11.4. The van der Waals surface area contributed by atoms with Crippen LogP contribution in [0.1, 0.15) is 44.9 Å². The molecule has 0 unspecified atom stereocenters. The number of hydrogen-bond acceptors (Lipinski definition) is 4. The van der Waals surface area contributed by atoms with Gasteiger partial charge in [0.2, 0.25) is 0 Å². The Balaban J connectivity index is 1.90. The third-order valence-electron chi connectivity index (χ3n) is 3.40. The Morgan fingerprint density at radius 3 is 2.88 bits per heavy atom.